The lowest BCUT2D eigenvalue weighted by Crippen LogP contribution is -2.40. The van der Waals surface area contributed by atoms with Crippen LogP contribution in [0, 0.1) is 0 Å². The summed E-state index contributed by atoms with van der Waals surface area (Å²) in [5.74, 6) is 1.57. The number of benzene rings is 1. The maximum Gasteiger partial charge on any atom is 0.194 e. The van der Waals surface area contributed by atoms with Gasteiger partial charge in [0, 0.05) is 50.9 Å². The second kappa shape index (κ2) is 6.86. The van der Waals surface area contributed by atoms with Crippen LogP contribution in [0.1, 0.15) is 30.4 Å². The van der Waals surface area contributed by atoms with Crippen molar-refractivity contribution < 1.29 is 0 Å². The van der Waals surface area contributed by atoms with Crippen LogP contribution >= 0.6 is 0 Å². The first kappa shape index (κ1) is 15.6. The maximum absolute atomic E-state index is 4.64. The number of guanidine groups is 1. The maximum atomic E-state index is 4.64. The summed E-state index contributed by atoms with van der Waals surface area (Å²) in [6.45, 7) is 3.66. The van der Waals surface area contributed by atoms with Crippen molar-refractivity contribution in [3.05, 3.63) is 53.9 Å². The largest absolute Gasteiger partial charge is 0.353 e. The molecule has 0 bridgehead atoms. The molecule has 2 atom stereocenters. The highest BCUT2D eigenvalue weighted by atomic mass is 15.3. The van der Waals surface area contributed by atoms with Crippen LogP contribution in [-0.4, -0.2) is 40.3 Å². The number of nitrogens with zero attached hydrogens (tertiary/aromatic N) is 4. The second-order valence-electron chi connectivity index (χ2n) is 6.18. The van der Waals surface area contributed by atoms with Gasteiger partial charge in [-0.25, -0.2) is 0 Å². The second-order valence-corrected chi connectivity index (χ2v) is 6.18. The van der Waals surface area contributed by atoms with Crippen molar-refractivity contribution in [1.29, 1.82) is 0 Å². The molecule has 1 aromatic carbocycles. The van der Waals surface area contributed by atoms with Gasteiger partial charge in [-0.1, -0.05) is 30.3 Å². The van der Waals surface area contributed by atoms with E-state index >= 15 is 0 Å². The molecule has 0 radical (unpaired) electrons. The monoisotopic (exact) mass is 311 g/mol. The Morgan fingerprint density at radius 3 is 2.83 bits per heavy atom. The Kier molecular flexibility index (Phi) is 4.65. The smallest absolute Gasteiger partial charge is 0.194 e. The molecule has 1 saturated carbocycles. The van der Waals surface area contributed by atoms with Gasteiger partial charge in [0.05, 0.1) is 6.20 Å². The van der Waals surface area contributed by atoms with Crippen molar-refractivity contribution in [2.24, 2.45) is 12.0 Å². The Hall–Kier alpha value is -2.30. The average molecular weight is 311 g/mol. The molecule has 0 saturated heterocycles. The fourth-order valence-electron chi connectivity index (χ4n) is 2.92. The molecule has 0 aliphatic heterocycles. The summed E-state index contributed by atoms with van der Waals surface area (Å²) in [6, 6.07) is 11.2. The number of aliphatic imine (C=N–C) groups is 1. The first-order valence-corrected chi connectivity index (χ1v) is 8.22. The molecule has 23 heavy (non-hydrogen) atoms. The summed E-state index contributed by atoms with van der Waals surface area (Å²) in [5.41, 5.74) is 2.60. The zero-order chi connectivity index (χ0) is 16.2. The summed E-state index contributed by atoms with van der Waals surface area (Å²) < 4.78 is 1.83. The van der Waals surface area contributed by atoms with Crippen LogP contribution < -0.4 is 5.32 Å². The zero-order valence-electron chi connectivity index (χ0n) is 14.1. The standard InChI is InChI=1S/C18H25N5/c1-4-19-18(22(2)12-14-11-20-23(3)13-14)21-17-10-16(17)15-8-6-5-7-9-15/h5-9,11,13,16-17H,4,10,12H2,1-3H3,(H,19,21). The lowest BCUT2D eigenvalue weighted by atomic mass is 10.1. The van der Waals surface area contributed by atoms with Crippen molar-refractivity contribution in [3.8, 4) is 0 Å². The normalized spacial score (nSPS) is 20.4. The number of aryl methyl sites for hydroxylation is 1. The summed E-state index contributed by atoms with van der Waals surface area (Å²) in [7, 11) is 4.02. The fourth-order valence-corrected chi connectivity index (χ4v) is 2.92. The third-order valence-electron chi connectivity index (χ3n) is 4.18. The van der Waals surface area contributed by atoms with E-state index < -0.39 is 0 Å². The van der Waals surface area contributed by atoms with E-state index in [1.165, 1.54) is 17.5 Å². The van der Waals surface area contributed by atoms with Crippen molar-refractivity contribution >= 4 is 5.96 Å². The van der Waals surface area contributed by atoms with Gasteiger partial charge in [-0.2, -0.15) is 5.10 Å². The number of rotatable bonds is 5. The molecule has 1 N–H and O–H groups in total. The number of nitrogens with one attached hydrogen (secondary N) is 1. The Morgan fingerprint density at radius 2 is 2.17 bits per heavy atom. The summed E-state index contributed by atoms with van der Waals surface area (Å²) in [5, 5.41) is 7.85. The third-order valence-corrected chi connectivity index (χ3v) is 4.18. The van der Waals surface area contributed by atoms with Gasteiger partial charge in [-0.3, -0.25) is 9.67 Å². The minimum absolute atomic E-state index is 0.485. The Labute approximate surface area is 138 Å². The number of hydrogen-bond donors (Lipinski definition) is 1. The van der Waals surface area contributed by atoms with Crippen LogP contribution in [-0.2, 0) is 13.6 Å². The molecular weight excluding hydrogens is 286 g/mol. The van der Waals surface area contributed by atoms with E-state index in [9.17, 15) is 0 Å². The Morgan fingerprint density at radius 1 is 1.39 bits per heavy atom. The van der Waals surface area contributed by atoms with E-state index in [2.05, 4.69) is 64.6 Å². The van der Waals surface area contributed by atoms with Crippen LogP contribution in [0.2, 0.25) is 0 Å². The minimum Gasteiger partial charge on any atom is -0.353 e. The van der Waals surface area contributed by atoms with Gasteiger partial charge in [-0.05, 0) is 18.9 Å². The molecule has 2 unspecified atom stereocenters. The molecule has 3 rings (SSSR count). The first-order chi connectivity index (χ1) is 11.2. The van der Waals surface area contributed by atoms with Crippen LogP contribution in [0.3, 0.4) is 0 Å². The summed E-state index contributed by atoms with van der Waals surface area (Å²) in [6.07, 6.45) is 5.13. The topological polar surface area (TPSA) is 45.5 Å². The molecule has 1 aromatic heterocycles. The van der Waals surface area contributed by atoms with Crippen LogP contribution in [0.5, 0.6) is 0 Å². The molecular formula is C18H25N5. The molecule has 1 aliphatic carbocycles. The number of hydrogen-bond acceptors (Lipinski definition) is 2. The Bertz CT molecular complexity index is 661. The Balaban J connectivity index is 1.60. The quantitative estimate of drug-likeness (QED) is 0.681. The van der Waals surface area contributed by atoms with Crippen LogP contribution in [0.4, 0.5) is 0 Å². The van der Waals surface area contributed by atoms with E-state index in [-0.39, 0.29) is 0 Å². The van der Waals surface area contributed by atoms with Gasteiger partial charge >= 0.3 is 0 Å². The third kappa shape index (κ3) is 3.92. The highest BCUT2D eigenvalue weighted by Gasteiger charge is 2.39. The fraction of sp³-hybridized carbons (Fsp3) is 0.444. The zero-order valence-corrected chi connectivity index (χ0v) is 14.1. The molecule has 5 nitrogen and oxygen atoms in total. The molecule has 0 spiro atoms. The average Bonchev–Trinajstić information content (AvgIpc) is 3.21. The van der Waals surface area contributed by atoms with E-state index in [1.54, 1.807) is 0 Å². The minimum atomic E-state index is 0.485. The van der Waals surface area contributed by atoms with E-state index in [4.69, 9.17) is 0 Å². The van der Waals surface area contributed by atoms with Crippen molar-refractivity contribution in [2.75, 3.05) is 13.6 Å². The molecule has 122 valence electrons. The van der Waals surface area contributed by atoms with Gasteiger partial charge < -0.3 is 10.2 Å². The highest BCUT2D eigenvalue weighted by Crippen LogP contribution is 2.40. The van der Waals surface area contributed by atoms with Gasteiger partial charge in [0.2, 0.25) is 0 Å². The summed E-state index contributed by atoms with van der Waals surface area (Å²) >= 11 is 0. The van der Waals surface area contributed by atoms with Crippen LogP contribution in [0.15, 0.2) is 47.7 Å². The predicted molar refractivity (Wildman–Crippen MR) is 93.4 cm³/mol. The van der Waals surface area contributed by atoms with E-state index in [0.717, 1.165) is 19.0 Å². The molecule has 0 amide bonds. The molecule has 5 heteroatoms. The van der Waals surface area contributed by atoms with Gasteiger partial charge in [0.1, 0.15) is 0 Å². The molecule has 1 fully saturated rings. The van der Waals surface area contributed by atoms with Crippen LogP contribution in [0.25, 0.3) is 0 Å². The van der Waals surface area contributed by atoms with Crippen molar-refractivity contribution in [1.82, 2.24) is 20.0 Å². The van der Waals surface area contributed by atoms with Crippen molar-refractivity contribution in [3.63, 3.8) is 0 Å². The number of aromatic nitrogens is 2. The highest BCUT2D eigenvalue weighted by molar-refractivity contribution is 5.80. The van der Waals surface area contributed by atoms with E-state index in [0.29, 0.717) is 12.0 Å². The SMILES string of the molecule is CCN=C(NC1CC1c1ccccc1)N(C)Cc1cnn(C)c1. The van der Waals surface area contributed by atoms with Gasteiger partial charge in [0.25, 0.3) is 0 Å². The molecule has 1 heterocycles. The summed E-state index contributed by atoms with van der Waals surface area (Å²) in [4.78, 5) is 6.81. The lowest BCUT2D eigenvalue weighted by molar-refractivity contribution is 0.474. The van der Waals surface area contributed by atoms with Crippen molar-refractivity contribution in [2.45, 2.75) is 31.8 Å². The molecule has 2 aromatic rings. The lowest BCUT2D eigenvalue weighted by Gasteiger charge is -2.22. The van der Waals surface area contributed by atoms with E-state index in [1.807, 2.05) is 24.1 Å². The van der Waals surface area contributed by atoms with Gasteiger partial charge in [-0.15, -0.1) is 0 Å². The first-order valence-electron chi connectivity index (χ1n) is 8.22. The molecule has 1 aliphatic rings. The predicted octanol–water partition coefficient (Wildman–Crippen LogP) is 2.37. The van der Waals surface area contributed by atoms with Gasteiger partial charge in [0.15, 0.2) is 5.96 Å².